The maximum atomic E-state index is 13.1. The first-order valence-electron chi connectivity index (χ1n) is 9.03. The summed E-state index contributed by atoms with van der Waals surface area (Å²) in [6, 6.07) is 16.7. The molecule has 144 valence electrons. The second kappa shape index (κ2) is 11.0. The monoisotopic (exact) mass is 370 g/mol. The summed E-state index contributed by atoms with van der Waals surface area (Å²) in [6.07, 6.45) is 0.103. The molecule has 0 aromatic heterocycles. The predicted molar refractivity (Wildman–Crippen MR) is 103 cm³/mol. The Morgan fingerprint density at radius 3 is 2.41 bits per heavy atom. The lowest BCUT2D eigenvalue weighted by Crippen LogP contribution is -2.34. The Hall–Kier alpha value is -2.86. The van der Waals surface area contributed by atoms with E-state index in [0.717, 1.165) is 5.56 Å². The number of nitrogens with zero attached hydrogens (tertiary/aromatic N) is 1. The molecule has 0 aliphatic rings. The van der Waals surface area contributed by atoms with Gasteiger partial charge in [-0.15, -0.1) is 0 Å². The third kappa shape index (κ3) is 6.75. The molecule has 0 radical (unpaired) electrons. The number of primary amides is 1. The van der Waals surface area contributed by atoms with Crippen LogP contribution in [0, 0.1) is 0 Å². The fourth-order valence-electron chi connectivity index (χ4n) is 2.60. The molecule has 0 aliphatic carbocycles. The molecule has 0 atom stereocenters. The van der Waals surface area contributed by atoms with Gasteiger partial charge in [0.25, 0.3) is 5.91 Å². The van der Waals surface area contributed by atoms with Crippen LogP contribution in [0.25, 0.3) is 0 Å². The van der Waals surface area contributed by atoms with E-state index in [9.17, 15) is 9.59 Å². The van der Waals surface area contributed by atoms with Crippen LogP contribution in [0.4, 0.5) is 0 Å². The lowest BCUT2D eigenvalue weighted by molar-refractivity contribution is -0.118. The first-order chi connectivity index (χ1) is 13.1. The Balaban J connectivity index is 2.16. The Morgan fingerprint density at radius 2 is 1.70 bits per heavy atom. The maximum absolute atomic E-state index is 13.1. The van der Waals surface area contributed by atoms with Crippen molar-refractivity contribution in [1.82, 2.24) is 4.90 Å². The molecular weight excluding hydrogens is 344 g/mol. The molecule has 2 aromatic carbocycles. The molecule has 2 aromatic rings. The first kappa shape index (κ1) is 20.5. The highest BCUT2D eigenvalue weighted by Gasteiger charge is 2.20. The van der Waals surface area contributed by atoms with Crippen LogP contribution in [-0.2, 0) is 16.1 Å². The van der Waals surface area contributed by atoms with Gasteiger partial charge in [0.15, 0.2) is 0 Å². The molecule has 0 aliphatic heterocycles. The fraction of sp³-hybridized carbons (Fsp3) is 0.333. The van der Waals surface area contributed by atoms with Crippen LogP contribution in [0.5, 0.6) is 5.75 Å². The Kier molecular flexibility index (Phi) is 8.32. The zero-order chi connectivity index (χ0) is 19.5. The first-order valence-corrected chi connectivity index (χ1v) is 9.03. The summed E-state index contributed by atoms with van der Waals surface area (Å²) in [6.45, 7) is 3.97. The normalized spacial score (nSPS) is 10.4. The van der Waals surface area contributed by atoms with Crippen molar-refractivity contribution in [3.8, 4) is 5.75 Å². The summed E-state index contributed by atoms with van der Waals surface area (Å²) in [5.74, 6) is -0.145. The second-order valence-corrected chi connectivity index (χ2v) is 5.97. The fourth-order valence-corrected chi connectivity index (χ4v) is 2.60. The van der Waals surface area contributed by atoms with Gasteiger partial charge in [-0.05, 0) is 24.6 Å². The summed E-state index contributed by atoms with van der Waals surface area (Å²) < 4.78 is 11.0. The number of para-hydroxylation sites is 1. The van der Waals surface area contributed by atoms with Gasteiger partial charge in [-0.2, -0.15) is 0 Å². The Morgan fingerprint density at radius 1 is 1.00 bits per heavy atom. The molecule has 0 bridgehead atoms. The van der Waals surface area contributed by atoms with E-state index < -0.39 is 5.91 Å². The van der Waals surface area contributed by atoms with Crippen LogP contribution in [0.3, 0.4) is 0 Å². The molecule has 6 heteroatoms. The minimum Gasteiger partial charge on any atom is -0.490 e. The molecule has 0 saturated heterocycles. The number of benzene rings is 2. The summed E-state index contributed by atoms with van der Waals surface area (Å²) in [7, 11) is 0. The van der Waals surface area contributed by atoms with Crippen LogP contribution >= 0.6 is 0 Å². The molecule has 0 saturated carbocycles. The van der Waals surface area contributed by atoms with Crippen molar-refractivity contribution in [3.63, 3.8) is 0 Å². The molecule has 27 heavy (non-hydrogen) atoms. The average molecular weight is 370 g/mol. The van der Waals surface area contributed by atoms with Gasteiger partial charge >= 0.3 is 0 Å². The molecule has 0 spiro atoms. The van der Waals surface area contributed by atoms with Crippen molar-refractivity contribution in [2.75, 3.05) is 26.4 Å². The zero-order valence-corrected chi connectivity index (χ0v) is 15.6. The Bertz CT molecular complexity index is 734. The van der Waals surface area contributed by atoms with Crippen LogP contribution in [0.1, 0.15) is 29.3 Å². The largest absolute Gasteiger partial charge is 0.490 e. The summed E-state index contributed by atoms with van der Waals surface area (Å²) in [4.78, 5) is 26.0. The van der Waals surface area contributed by atoms with Crippen LogP contribution in [-0.4, -0.2) is 43.1 Å². The van der Waals surface area contributed by atoms with Crippen LogP contribution in [0.2, 0.25) is 0 Å². The summed E-state index contributed by atoms with van der Waals surface area (Å²) >= 11 is 0. The van der Waals surface area contributed by atoms with E-state index in [2.05, 4.69) is 0 Å². The minimum atomic E-state index is -0.442. The summed E-state index contributed by atoms with van der Waals surface area (Å²) in [5.41, 5.74) is 6.71. The van der Waals surface area contributed by atoms with E-state index in [1.54, 1.807) is 23.1 Å². The highest BCUT2D eigenvalue weighted by molar-refractivity contribution is 5.97. The van der Waals surface area contributed by atoms with E-state index in [-0.39, 0.29) is 18.9 Å². The van der Waals surface area contributed by atoms with Crippen molar-refractivity contribution >= 4 is 11.8 Å². The van der Waals surface area contributed by atoms with Crippen molar-refractivity contribution < 1.29 is 19.1 Å². The molecule has 0 heterocycles. The lowest BCUT2D eigenvalue weighted by atomic mass is 10.1. The third-order valence-corrected chi connectivity index (χ3v) is 3.94. The van der Waals surface area contributed by atoms with Gasteiger partial charge in [-0.3, -0.25) is 9.59 Å². The van der Waals surface area contributed by atoms with Crippen LogP contribution in [0.15, 0.2) is 54.6 Å². The highest BCUT2D eigenvalue weighted by atomic mass is 16.5. The van der Waals surface area contributed by atoms with Crippen molar-refractivity contribution in [2.45, 2.75) is 19.9 Å². The number of rotatable bonds is 11. The van der Waals surface area contributed by atoms with E-state index in [1.807, 2.05) is 43.3 Å². The number of hydrogen-bond acceptors (Lipinski definition) is 4. The minimum absolute atomic E-state index is 0.103. The molecular formula is C21H26N2O4. The molecule has 2 rings (SSSR count). The standard InChI is InChI=1S/C21H26N2O4/c1-2-26-14-15-27-19-11-7-6-10-18(19)21(25)23(13-12-20(22)24)16-17-8-4-3-5-9-17/h3-11H,2,12-16H2,1H3,(H2,22,24). The molecule has 0 fully saturated rings. The lowest BCUT2D eigenvalue weighted by Gasteiger charge is -2.23. The number of ether oxygens (including phenoxy) is 2. The van der Waals surface area contributed by atoms with Crippen LogP contribution < -0.4 is 10.5 Å². The highest BCUT2D eigenvalue weighted by Crippen LogP contribution is 2.21. The average Bonchev–Trinajstić information content (AvgIpc) is 2.69. The quantitative estimate of drug-likeness (QED) is 0.617. The van der Waals surface area contributed by atoms with Gasteiger partial charge in [0.2, 0.25) is 5.91 Å². The SMILES string of the molecule is CCOCCOc1ccccc1C(=O)N(CCC(N)=O)Cc1ccccc1. The number of hydrogen-bond donors (Lipinski definition) is 1. The van der Waals surface area contributed by atoms with Crippen molar-refractivity contribution in [3.05, 3.63) is 65.7 Å². The number of amides is 2. The van der Waals surface area contributed by atoms with E-state index in [4.69, 9.17) is 15.2 Å². The van der Waals surface area contributed by atoms with Gasteiger partial charge in [0.05, 0.1) is 12.2 Å². The smallest absolute Gasteiger partial charge is 0.257 e. The number of carbonyl (C=O) groups excluding carboxylic acids is 2. The molecule has 6 nitrogen and oxygen atoms in total. The number of nitrogens with two attached hydrogens (primary N) is 1. The third-order valence-electron chi connectivity index (χ3n) is 3.94. The maximum Gasteiger partial charge on any atom is 0.257 e. The predicted octanol–water partition coefficient (Wildman–Crippen LogP) is 2.62. The molecule has 2 amide bonds. The van der Waals surface area contributed by atoms with Gasteiger partial charge in [0.1, 0.15) is 12.4 Å². The van der Waals surface area contributed by atoms with Gasteiger partial charge < -0.3 is 20.1 Å². The van der Waals surface area contributed by atoms with Gasteiger partial charge in [0, 0.05) is 26.1 Å². The Labute approximate surface area is 159 Å². The zero-order valence-electron chi connectivity index (χ0n) is 15.6. The number of carbonyl (C=O) groups is 2. The molecule has 0 unspecified atom stereocenters. The van der Waals surface area contributed by atoms with E-state index in [1.165, 1.54) is 0 Å². The van der Waals surface area contributed by atoms with Crippen molar-refractivity contribution in [2.24, 2.45) is 5.73 Å². The second-order valence-electron chi connectivity index (χ2n) is 5.97. The molecule has 2 N–H and O–H groups in total. The van der Waals surface area contributed by atoms with Gasteiger partial charge in [-0.1, -0.05) is 42.5 Å². The van der Waals surface area contributed by atoms with Crippen molar-refractivity contribution in [1.29, 1.82) is 0 Å². The van der Waals surface area contributed by atoms with Gasteiger partial charge in [-0.25, -0.2) is 0 Å². The van der Waals surface area contributed by atoms with E-state index in [0.29, 0.717) is 37.7 Å². The topological polar surface area (TPSA) is 81.9 Å². The van der Waals surface area contributed by atoms with E-state index >= 15 is 0 Å². The summed E-state index contributed by atoms with van der Waals surface area (Å²) in [5, 5.41) is 0.